The summed E-state index contributed by atoms with van der Waals surface area (Å²) in [6.07, 6.45) is 2.62. The highest BCUT2D eigenvalue weighted by atomic mass is 16.5. The maximum atomic E-state index is 14.2. The number of carbonyl (C=O) groups is 4. The van der Waals surface area contributed by atoms with E-state index in [1.807, 2.05) is 63.1 Å². The van der Waals surface area contributed by atoms with Crippen LogP contribution in [0.2, 0.25) is 0 Å². The maximum absolute atomic E-state index is 14.2. The molecule has 11 heteroatoms. The zero-order chi connectivity index (χ0) is 36.7. The highest BCUT2D eigenvalue weighted by Crippen LogP contribution is 2.38. The van der Waals surface area contributed by atoms with E-state index in [4.69, 9.17) is 14.2 Å². The van der Waals surface area contributed by atoms with Gasteiger partial charge in [-0.2, -0.15) is 0 Å². The molecule has 278 valence electrons. The molecule has 0 saturated carbocycles. The zero-order valence-electron chi connectivity index (χ0n) is 31.8. The molecule has 2 N–H and O–H groups in total. The Morgan fingerprint density at radius 3 is 2.22 bits per heavy atom. The van der Waals surface area contributed by atoms with Gasteiger partial charge in [0.2, 0.25) is 23.6 Å². The molecule has 1 aromatic carbocycles. The van der Waals surface area contributed by atoms with Crippen LogP contribution in [0.4, 0.5) is 0 Å². The number of methoxy groups -OCH3 is 3. The van der Waals surface area contributed by atoms with E-state index in [1.54, 1.807) is 33.2 Å². The van der Waals surface area contributed by atoms with Crippen molar-refractivity contribution in [2.24, 2.45) is 17.8 Å². The molecule has 1 aliphatic heterocycles. The fourth-order valence-electron chi connectivity index (χ4n) is 7.26. The maximum Gasteiger partial charge on any atom is 0.242 e. The molecular formula is C38H64N4O7. The number of hydrogen-bond acceptors (Lipinski definition) is 7. The van der Waals surface area contributed by atoms with Gasteiger partial charge in [0.1, 0.15) is 6.04 Å². The third-order valence-corrected chi connectivity index (χ3v) is 10.2. The van der Waals surface area contributed by atoms with Crippen LogP contribution < -0.4 is 10.6 Å². The summed E-state index contributed by atoms with van der Waals surface area (Å²) in [6, 6.07) is 8.51. The summed E-state index contributed by atoms with van der Waals surface area (Å²) >= 11 is 0. The summed E-state index contributed by atoms with van der Waals surface area (Å²) in [6.45, 7) is 13.5. The van der Waals surface area contributed by atoms with E-state index in [0.717, 1.165) is 18.4 Å². The number of likely N-dealkylation sites (N-methyl/N-ethyl adjacent to an activating group) is 1. The number of hydrogen-bond donors (Lipinski definition) is 2. The van der Waals surface area contributed by atoms with Gasteiger partial charge in [-0.05, 0) is 43.6 Å². The standard InChI is InChI=1S/C38H64N4O7/c1-11-27(4)34(41(7)32(43)23-26(2)3)31(48-9)25-33(44)42-21-15-19-38(42,6)35(49-10)28(5)36(45)40-30(24-29-17-13-12-14-18-29)37(46)39-20-16-22-47-8/h12-14,17-18,26-28,30-31,34-35H,11,15-16,19-25H2,1-10H3,(H,39,46)(H,40,45)/t27-,28+,30?,31+,34-,35+,38?/m0/s1. The van der Waals surface area contributed by atoms with Crippen molar-refractivity contribution >= 4 is 23.6 Å². The van der Waals surface area contributed by atoms with Gasteiger partial charge in [0.15, 0.2) is 0 Å². The van der Waals surface area contributed by atoms with Gasteiger partial charge >= 0.3 is 0 Å². The summed E-state index contributed by atoms with van der Waals surface area (Å²) in [5, 5.41) is 5.92. The SMILES string of the molecule is CC[C@H](C)[C@@H]([C@@H](CC(=O)N1CCCC1(C)[C@H](OC)[C@@H](C)C(=O)NC(Cc1ccccc1)C(=O)NCCCOC)OC)N(C)C(=O)CC(C)C. The van der Waals surface area contributed by atoms with E-state index in [-0.39, 0.29) is 47.9 Å². The fraction of sp³-hybridized carbons (Fsp3) is 0.737. The number of rotatable bonds is 21. The molecule has 49 heavy (non-hydrogen) atoms. The van der Waals surface area contributed by atoms with Crippen molar-refractivity contribution in [2.45, 2.75) is 116 Å². The van der Waals surface area contributed by atoms with Crippen molar-refractivity contribution in [3.05, 3.63) is 35.9 Å². The summed E-state index contributed by atoms with van der Waals surface area (Å²) in [5.41, 5.74) is 0.152. The van der Waals surface area contributed by atoms with Crippen LogP contribution >= 0.6 is 0 Å². The predicted octanol–water partition coefficient (Wildman–Crippen LogP) is 4.22. The second kappa shape index (κ2) is 20.6. The lowest BCUT2D eigenvalue weighted by molar-refractivity contribution is -0.152. The lowest BCUT2D eigenvalue weighted by Crippen LogP contribution is -2.60. The van der Waals surface area contributed by atoms with Gasteiger partial charge in [0.05, 0.1) is 36.1 Å². The molecule has 0 bridgehead atoms. The van der Waals surface area contributed by atoms with E-state index in [9.17, 15) is 19.2 Å². The molecular weight excluding hydrogens is 624 g/mol. The quantitative estimate of drug-likeness (QED) is 0.185. The Morgan fingerprint density at radius 2 is 1.65 bits per heavy atom. The van der Waals surface area contributed by atoms with Crippen molar-refractivity contribution in [2.75, 3.05) is 48.1 Å². The van der Waals surface area contributed by atoms with Crippen LogP contribution in [0.25, 0.3) is 0 Å². The molecule has 0 aromatic heterocycles. The number of amides is 4. The highest BCUT2D eigenvalue weighted by molar-refractivity contribution is 5.89. The third-order valence-electron chi connectivity index (χ3n) is 10.2. The van der Waals surface area contributed by atoms with Crippen LogP contribution in [-0.4, -0.2) is 111 Å². The summed E-state index contributed by atoms with van der Waals surface area (Å²) in [7, 11) is 6.59. The van der Waals surface area contributed by atoms with Crippen LogP contribution in [0.15, 0.2) is 30.3 Å². The number of ether oxygens (including phenoxy) is 3. The topological polar surface area (TPSA) is 127 Å². The van der Waals surface area contributed by atoms with Crippen molar-refractivity contribution in [3.8, 4) is 0 Å². The number of likely N-dealkylation sites (tertiary alicyclic amines) is 1. The number of benzene rings is 1. The van der Waals surface area contributed by atoms with Crippen LogP contribution in [0.3, 0.4) is 0 Å². The zero-order valence-corrected chi connectivity index (χ0v) is 31.8. The monoisotopic (exact) mass is 688 g/mol. The number of carbonyl (C=O) groups excluding carboxylic acids is 4. The molecule has 11 nitrogen and oxygen atoms in total. The Kier molecular flexibility index (Phi) is 17.7. The lowest BCUT2D eigenvalue weighted by atomic mass is 9.82. The van der Waals surface area contributed by atoms with Gasteiger partial charge in [-0.25, -0.2) is 0 Å². The fourth-order valence-corrected chi connectivity index (χ4v) is 7.26. The third kappa shape index (κ3) is 11.8. The van der Waals surface area contributed by atoms with Crippen molar-refractivity contribution in [3.63, 3.8) is 0 Å². The molecule has 1 saturated heterocycles. The Morgan fingerprint density at radius 1 is 0.980 bits per heavy atom. The molecule has 4 amide bonds. The summed E-state index contributed by atoms with van der Waals surface area (Å²) in [4.78, 5) is 58.1. The van der Waals surface area contributed by atoms with Crippen molar-refractivity contribution in [1.82, 2.24) is 20.4 Å². The molecule has 1 aliphatic rings. The molecule has 1 aromatic rings. The number of nitrogens with zero attached hydrogens (tertiary/aromatic N) is 2. The first-order valence-corrected chi connectivity index (χ1v) is 18.0. The average molecular weight is 689 g/mol. The van der Waals surface area contributed by atoms with E-state index < -0.39 is 29.7 Å². The first kappa shape index (κ1) is 42.1. The summed E-state index contributed by atoms with van der Waals surface area (Å²) in [5.74, 6) is -0.996. The number of nitrogens with one attached hydrogen (secondary N) is 2. The lowest BCUT2D eigenvalue weighted by Gasteiger charge is -2.44. The molecule has 2 rings (SSSR count). The van der Waals surface area contributed by atoms with Crippen LogP contribution in [0, 0.1) is 17.8 Å². The first-order chi connectivity index (χ1) is 23.2. The molecule has 0 spiro atoms. The van der Waals surface area contributed by atoms with Gasteiger partial charge in [-0.1, -0.05) is 71.4 Å². The summed E-state index contributed by atoms with van der Waals surface area (Å²) < 4.78 is 17.1. The molecule has 2 unspecified atom stereocenters. The van der Waals surface area contributed by atoms with Gasteiger partial charge in [-0.3, -0.25) is 19.2 Å². The van der Waals surface area contributed by atoms with Gasteiger partial charge in [-0.15, -0.1) is 0 Å². The van der Waals surface area contributed by atoms with E-state index in [0.29, 0.717) is 45.4 Å². The molecule has 7 atom stereocenters. The smallest absolute Gasteiger partial charge is 0.242 e. The van der Waals surface area contributed by atoms with Crippen LogP contribution in [-0.2, 0) is 39.8 Å². The molecule has 0 radical (unpaired) electrons. The Labute approximate surface area is 295 Å². The minimum Gasteiger partial charge on any atom is -0.385 e. The minimum absolute atomic E-state index is 0.0364. The van der Waals surface area contributed by atoms with Gasteiger partial charge < -0.3 is 34.6 Å². The van der Waals surface area contributed by atoms with Gasteiger partial charge in [0, 0.05) is 60.9 Å². The highest BCUT2D eigenvalue weighted by Gasteiger charge is 2.50. The Bertz CT molecular complexity index is 1180. The normalized spacial score (nSPS) is 19.9. The average Bonchev–Trinajstić information content (AvgIpc) is 3.47. The van der Waals surface area contributed by atoms with Crippen molar-refractivity contribution < 1.29 is 33.4 Å². The second-order valence-corrected chi connectivity index (χ2v) is 14.3. The molecule has 0 aliphatic carbocycles. The largest absolute Gasteiger partial charge is 0.385 e. The van der Waals surface area contributed by atoms with Crippen LogP contribution in [0.1, 0.15) is 85.6 Å². The molecule has 1 fully saturated rings. The Balaban J connectivity index is 2.27. The minimum atomic E-state index is -0.790. The van der Waals surface area contributed by atoms with E-state index in [1.165, 1.54) is 0 Å². The van der Waals surface area contributed by atoms with E-state index in [2.05, 4.69) is 24.5 Å². The first-order valence-electron chi connectivity index (χ1n) is 18.0. The van der Waals surface area contributed by atoms with Gasteiger partial charge in [0.25, 0.3) is 0 Å². The Hall–Kier alpha value is -3.02. The predicted molar refractivity (Wildman–Crippen MR) is 192 cm³/mol. The molecule has 1 heterocycles. The van der Waals surface area contributed by atoms with E-state index >= 15 is 0 Å². The van der Waals surface area contributed by atoms with Crippen molar-refractivity contribution in [1.29, 1.82) is 0 Å². The van der Waals surface area contributed by atoms with Crippen LogP contribution in [0.5, 0.6) is 0 Å². The second-order valence-electron chi connectivity index (χ2n) is 14.3.